The van der Waals surface area contributed by atoms with Crippen molar-refractivity contribution in [3.63, 3.8) is 0 Å². The molecule has 1 heterocycles. The van der Waals surface area contributed by atoms with Crippen LogP contribution in [0.4, 0.5) is 5.69 Å². The number of benzene rings is 1. The van der Waals surface area contributed by atoms with Gasteiger partial charge in [0.25, 0.3) is 0 Å². The van der Waals surface area contributed by atoms with Gasteiger partial charge in [-0.15, -0.1) is 0 Å². The molecule has 0 amide bonds. The van der Waals surface area contributed by atoms with Crippen LogP contribution in [0.3, 0.4) is 0 Å². The van der Waals surface area contributed by atoms with Crippen molar-refractivity contribution in [3.8, 4) is 0 Å². The van der Waals surface area contributed by atoms with Gasteiger partial charge in [-0.25, -0.2) is 0 Å². The molecule has 0 radical (unpaired) electrons. The van der Waals surface area contributed by atoms with E-state index in [4.69, 9.17) is 0 Å². The second kappa shape index (κ2) is 6.10. The summed E-state index contributed by atoms with van der Waals surface area (Å²) < 4.78 is 3.36. The molecular formula is C15H19BrN2. The average molecular weight is 307 g/mol. The highest BCUT2D eigenvalue weighted by Crippen LogP contribution is 2.23. The van der Waals surface area contributed by atoms with Gasteiger partial charge in [0.15, 0.2) is 0 Å². The maximum absolute atomic E-state index is 3.58. The number of nitrogens with zero attached hydrogens (tertiary/aromatic N) is 1. The van der Waals surface area contributed by atoms with Crippen molar-refractivity contribution in [2.24, 2.45) is 0 Å². The number of hydrogen-bond acceptors (Lipinski definition) is 1. The van der Waals surface area contributed by atoms with Gasteiger partial charge in [-0.1, -0.05) is 13.0 Å². The maximum Gasteiger partial charge on any atom is 0.0487 e. The molecular weight excluding hydrogens is 288 g/mol. The van der Waals surface area contributed by atoms with E-state index >= 15 is 0 Å². The highest BCUT2D eigenvalue weighted by Gasteiger charge is 2.01. The minimum absolute atomic E-state index is 0.859. The Bertz CT molecular complexity index is 517. The van der Waals surface area contributed by atoms with Gasteiger partial charge >= 0.3 is 0 Å². The molecule has 0 saturated carbocycles. The lowest BCUT2D eigenvalue weighted by atomic mass is 10.2. The topological polar surface area (TPSA) is 17.0 Å². The molecule has 0 aliphatic carbocycles. The van der Waals surface area contributed by atoms with E-state index in [1.165, 1.54) is 17.5 Å². The van der Waals surface area contributed by atoms with E-state index in [1.807, 2.05) is 0 Å². The van der Waals surface area contributed by atoms with Crippen LogP contribution in [0.5, 0.6) is 0 Å². The first-order valence-corrected chi connectivity index (χ1v) is 7.13. The molecule has 2 aromatic rings. The smallest absolute Gasteiger partial charge is 0.0487 e. The Labute approximate surface area is 117 Å². The molecule has 1 N–H and O–H groups in total. The minimum Gasteiger partial charge on any atom is -0.380 e. The Morgan fingerprint density at radius 2 is 2.11 bits per heavy atom. The lowest BCUT2D eigenvalue weighted by Crippen LogP contribution is -1.99. The number of nitrogens with one attached hydrogen (secondary N) is 1. The van der Waals surface area contributed by atoms with E-state index in [1.54, 1.807) is 0 Å². The number of hydrogen-bond donors (Lipinski definition) is 1. The van der Waals surface area contributed by atoms with Crippen molar-refractivity contribution in [1.29, 1.82) is 0 Å². The summed E-state index contributed by atoms with van der Waals surface area (Å²) in [4.78, 5) is 0. The van der Waals surface area contributed by atoms with E-state index < -0.39 is 0 Å². The van der Waals surface area contributed by atoms with Gasteiger partial charge in [-0.3, -0.25) is 0 Å². The summed E-state index contributed by atoms with van der Waals surface area (Å²) in [5.41, 5.74) is 3.72. The lowest BCUT2D eigenvalue weighted by molar-refractivity contribution is 0.681. The Hall–Kier alpha value is -1.22. The molecule has 0 atom stereocenters. The summed E-state index contributed by atoms with van der Waals surface area (Å²) in [6, 6.07) is 8.53. The normalized spacial score (nSPS) is 10.6. The third-order valence-corrected chi connectivity index (χ3v) is 3.56. The summed E-state index contributed by atoms with van der Waals surface area (Å²) in [6.45, 7) is 6.24. The predicted molar refractivity (Wildman–Crippen MR) is 80.9 cm³/mol. The molecule has 1 aromatic carbocycles. The first kappa shape index (κ1) is 13.2. The second-order valence-corrected chi connectivity index (χ2v) is 5.45. The van der Waals surface area contributed by atoms with Crippen LogP contribution in [-0.2, 0) is 13.1 Å². The zero-order chi connectivity index (χ0) is 13.0. The molecule has 2 rings (SSSR count). The van der Waals surface area contributed by atoms with Crippen LogP contribution in [0.15, 0.2) is 41.1 Å². The Kier molecular flexibility index (Phi) is 4.48. The number of rotatable bonds is 5. The van der Waals surface area contributed by atoms with Crippen LogP contribution in [0.25, 0.3) is 0 Å². The first-order valence-electron chi connectivity index (χ1n) is 6.33. The van der Waals surface area contributed by atoms with Crippen LogP contribution < -0.4 is 5.32 Å². The van der Waals surface area contributed by atoms with Crippen molar-refractivity contribution in [1.82, 2.24) is 4.57 Å². The van der Waals surface area contributed by atoms with E-state index in [2.05, 4.69) is 76.3 Å². The van der Waals surface area contributed by atoms with E-state index in [9.17, 15) is 0 Å². The lowest BCUT2D eigenvalue weighted by Gasteiger charge is -2.08. The minimum atomic E-state index is 0.859. The van der Waals surface area contributed by atoms with Gasteiger partial charge in [0.05, 0.1) is 0 Å². The van der Waals surface area contributed by atoms with E-state index in [-0.39, 0.29) is 0 Å². The van der Waals surface area contributed by atoms with Crippen LogP contribution in [-0.4, -0.2) is 4.57 Å². The molecule has 1 aromatic heterocycles. The zero-order valence-electron chi connectivity index (χ0n) is 10.9. The van der Waals surface area contributed by atoms with Crippen molar-refractivity contribution >= 4 is 21.6 Å². The zero-order valence-corrected chi connectivity index (χ0v) is 12.5. The first-order chi connectivity index (χ1) is 8.69. The highest BCUT2D eigenvalue weighted by molar-refractivity contribution is 9.10. The fraction of sp³-hybridized carbons (Fsp3) is 0.333. The Morgan fingerprint density at radius 1 is 1.28 bits per heavy atom. The number of aromatic nitrogens is 1. The molecule has 0 bridgehead atoms. The van der Waals surface area contributed by atoms with Gasteiger partial charge < -0.3 is 9.88 Å². The van der Waals surface area contributed by atoms with Gasteiger partial charge in [0.2, 0.25) is 0 Å². The molecule has 0 saturated heterocycles. The van der Waals surface area contributed by atoms with Crippen molar-refractivity contribution < 1.29 is 0 Å². The molecule has 18 heavy (non-hydrogen) atoms. The molecule has 3 heteroatoms. The summed E-state index contributed by atoms with van der Waals surface area (Å²) in [5.74, 6) is 0. The molecule has 96 valence electrons. The van der Waals surface area contributed by atoms with Crippen LogP contribution in [0.1, 0.15) is 24.5 Å². The molecule has 0 aliphatic heterocycles. The van der Waals surface area contributed by atoms with E-state index in [0.29, 0.717) is 0 Å². The number of anilines is 1. The second-order valence-electron chi connectivity index (χ2n) is 4.59. The molecule has 0 fully saturated rings. The summed E-state index contributed by atoms with van der Waals surface area (Å²) in [5, 5.41) is 3.45. The van der Waals surface area contributed by atoms with Crippen LogP contribution >= 0.6 is 15.9 Å². The Balaban J connectivity index is 1.97. The fourth-order valence-corrected chi connectivity index (χ4v) is 2.59. The molecule has 0 spiro atoms. The number of aryl methyl sites for hydroxylation is 2. The maximum atomic E-state index is 3.58. The van der Waals surface area contributed by atoms with Crippen LogP contribution in [0, 0.1) is 6.92 Å². The van der Waals surface area contributed by atoms with Gasteiger partial charge in [0.1, 0.15) is 0 Å². The predicted octanol–water partition coefficient (Wildman–Crippen LogP) is 4.58. The molecule has 0 unspecified atom stereocenters. The summed E-state index contributed by atoms with van der Waals surface area (Å²) in [6.07, 6.45) is 5.52. The van der Waals surface area contributed by atoms with Crippen molar-refractivity contribution in [2.45, 2.75) is 33.4 Å². The number of halogens is 1. The highest BCUT2D eigenvalue weighted by atomic mass is 79.9. The van der Waals surface area contributed by atoms with Crippen LogP contribution in [0.2, 0.25) is 0 Å². The summed E-state index contributed by atoms with van der Waals surface area (Å²) in [7, 11) is 0. The van der Waals surface area contributed by atoms with Crippen molar-refractivity contribution in [2.75, 3.05) is 5.32 Å². The van der Waals surface area contributed by atoms with Crippen molar-refractivity contribution in [3.05, 3.63) is 52.3 Å². The summed E-state index contributed by atoms with van der Waals surface area (Å²) >= 11 is 3.58. The average Bonchev–Trinajstić information content (AvgIpc) is 2.76. The largest absolute Gasteiger partial charge is 0.380 e. The fourth-order valence-electron chi connectivity index (χ4n) is 1.95. The van der Waals surface area contributed by atoms with E-state index in [0.717, 1.165) is 23.2 Å². The molecule has 0 aliphatic rings. The third-order valence-electron chi connectivity index (χ3n) is 2.90. The van der Waals surface area contributed by atoms with Gasteiger partial charge in [-0.05, 0) is 58.6 Å². The monoisotopic (exact) mass is 306 g/mol. The van der Waals surface area contributed by atoms with Gasteiger partial charge in [0, 0.05) is 35.6 Å². The Morgan fingerprint density at radius 3 is 2.83 bits per heavy atom. The SMILES string of the molecule is CCCn1ccc(CNc2ccc(C)cc2Br)c1. The van der Waals surface area contributed by atoms with Gasteiger partial charge in [-0.2, -0.15) is 0 Å². The standard InChI is InChI=1S/C15H19BrN2/c1-3-7-18-8-6-13(11-18)10-17-15-5-4-12(2)9-14(15)16/h4-6,8-9,11,17H,3,7,10H2,1-2H3. The quantitative estimate of drug-likeness (QED) is 0.855. The third kappa shape index (κ3) is 3.39. The molecule has 2 nitrogen and oxygen atoms in total.